The Morgan fingerprint density at radius 2 is 2.05 bits per heavy atom. The molecule has 4 nitrogen and oxygen atoms in total. The molecule has 7 heteroatoms. The fourth-order valence-corrected chi connectivity index (χ4v) is 1.68. The molecule has 0 unspecified atom stereocenters. The van der Waals surface area contributed by atoms with Crippen molar-refractivity contribution < 1.29 is 18.0 Å². The number of alkyl halides is 3. The molecule has 1 amide bonds. The molecule has 106 valence electrons. The second kappa shape index (κ2) is 5.92. The highest BCUT2D eigenvalue weighted by molar-refractivity contribution is 5.81. The van der Waals surface area contributed by atoms with Crippen molar-refractivity contribution in [2.24, 2.45) is 5.73 Å². The third kappa shape index (κ3) is 3.85. The van der Waals surface area contributed by atoms with Gasteiger partial charge in [-0.3, -0.25) is 4.79 Å². The Labute approximate surface area is 109 Å². The summed E-state index contributed by atoms with van der Waals surface area (Å²) in [7, 11) is 3.11. The first-order valence-electron chi connectivity index (χ1n) is 5.61. The van der Waals surface area contributed by atoms with E-state index in [2.05, 4.69) is 5.32 Å². The maximum absolute atomic E-state index is 12.6. The van der Waals surface area contributed by atoms with Crippen LogP contribution in [0.5, 0.6) is 0 Å². The summed E-state index contributed by atoms with van der Waals surface area (Å²) in [6.07, 6.45) is -4.40. The van der Waals surface area contributed by atoms with E-state index in [0.717, 1.165) is 12.1 Å². The summed E-state index contributed by atoms with van der Waals surface area (Å²) < 4.78 is 37.7. The highest BCUT2D eigenvalue weighted by Crippen LogP contribution is 2.32. The first kappa shape index (κ1) is 15.3. The predicted molar refractivity (Wildman–Crippen MR) is 66.7 cm³/mol. The summed E-state index contributed by atoms with van der Waals surface area (Å²) >= 11 is 0. The smallest absolute Gasteiger partial charge is 0.365 e. The van der Waals surface area contributed by atoms with Gasteiger partial charge in [0.1, 0.15) is 0 Å². The monoisotopic (exact) mass is 275 g/mol. The van der Waals surface area contributed by atoms with E-state index in [4.69, 9.17) is 5.73 Å². The van der Waals surface area contributed by atoms with Gasteiger partial charge in [-0.1, -0.05) is 0 Å². The minimum absolute atomic E-state index is 0.0304. The summed E-state index contributed by atoms with van der Waals surface area (Å²) in [5.41, 5.74) is 5.59. The van der Waals surface area contributed by atoms with E-state index < -0.39 is 11.7 Å². The Bertz CT molecular complexity index is 460. The molecule has 0 bridgehead atoms. The van der Waals surface area contributed by atoms with Crippen molar-refractivity contribution in [3.8, 4) is 0 Å². The Hall–Kier alpha value is -1.76. The van der Waals surface area contributed by atoms with Gasteiger partial charge in [-0.2, -0.15) is 13.2 Å². The van der Waals surface area contributed by atoms with Gasteiger partial charge in [0, 0.05) is 26.3 Å². The molecule has 0 radical (unpaired) electrons. The van der Waals surface area contributed by atoms with E-state index >= 15 is 0 Å². The molecular formula is C12H16F3N3O. The molecule has 0 fully saturated rings. The number of nitrogens with zero attached hydrogens (tertiary/aromatic N) is 1. The fraction of sp³-hybridized carbons (Fsp3) is 0.417. The van der Waals surface area contributed by atoms with Crippen molar-refractivity contribution in [2.45, 2.75) is 12.7 Å². The number of anilines is 1. The molecule has 1 aromatic carbocycles. The maximum atomic E-state index is 12.6. The van der Waals surface area contributed by atoms with E-state index in [1.54, 1.807) is 11.9 Å². The highest BCUT2D eigenvalue weighted by Gasteiger charge is 2.31. The number of hydrogen-bond donors (Lipinski definition) is 2. The number of hydrogen-bond acceptors (Lipinski definition) is 3. The predicted octanol–water partition coefficient (Wildman–Crippen LogP) is 1.35. The number of halogens is 3. The lowest BCUT2D eigenvalue weighted by Gasteiger charge is -2.22. The van der Waals surface area contributed by atoms with Gasteiger partial charge in [-0.05, 0) is 23.8 Å². The van der Waals surface area contributed by atoms with E-state index in [1.807, 2.05) is 0 Å². The standard InChI is InChI=1S/C12H16F3N3O/c1-17-11(19)7-18(2)10-4-3-9(12(13,14)15)5-8(10)6-16/h3-5H,6-7,16H2,1-2H3,(H,17,19). The van der Waals surface area contributed by atoms with Crippen molar-refractivity contribution in [2.75, 3.05) is 25.5 Å². The van der Waals surface area contributed by atoms with Gasteiger partial charge < -0.3 is 16.0 Å². The van der Waals surface area contributed by atoms with Gasteiger partial charge in [-0.15, -0.1) is 0 Å². The molecule has 0 atom stereocenters. The van der Waals surface area contributed by atoms with E-state index in [0.29, 0.717) is 11.3 Å². The third-order valence-electron chi connectivity index (χ3n) is 2.70. The van der Waals surface area contributed by atoms with Gasteiger partial charge in [-0.25, -0.2) is 0 Å². The number of carbonyl (C=O) groups excluding carboxylic acids is 1. The number of carbonyl (C=O) groups is 1. The van der Waals surface area contributed by atoms with Crippen LogP contribution in [0.1, 0.15) is 11.1 Å². The van der Waals surface area contributed by atoms with Crippen molar-refractivity contribution in [1.82, 2.24) is 5.32 Å². The zero-order valence-electron chi connectivity index (χ0n) is 10.7. The molecule has 0 aliphatic carbocycles. The molecule has 0 saturated heterocycles. The van der Waals surface area contributed by atoms with Crippen molar-refractivity contribution in [3.05, 3.63) is 29.3 Å². The Balaban J connectivity index is 3.05. The molecule has 1 rings (SSSR count). The molecule has 0 aliphatic heterocycles. The first-order valence-corrected chi connectivity index (χ1v) is 5.61. The van der Waals surface area contributed by atoms with Crippen LogP contribution >= 0.6 is 0 Å². The van der Waals surface area contributed by atoms with Crippen LogP contribution in [0.15, 0.2) is 18.2 Å². The third-order valence-corrected chi connectivity index (χ3v) is 2.70. The van der Waals surface area contributed by atoms with Gasteiger partial charge in [0.2, 0.25) is 5.91 Å². The molecular weight excluding hydrogens is 259 g/mol. The van der Waals surface area contributed by atoms with E-state index in [1.165, 1.54) is 13.1 Å². The van der Waals surface area contributed by atoms with Crippen LogP contribution in [0, 0.1) is 0 Å². The molecule has 0 aliphatic rings. The van der Waals surface area contributed by atoms with Crippen LogP contribution in [0.4, 0.5) is 18.9 Å². The largest absolute Gasteiger partial charge is 0.416 e. The summed E-state index contributed by atoms with van der Waals surface area (Å²) in [6, 6.07) is 3.32. The van der Waals surface area contributed by atoms with Crippen LogP contribution < -0.4 is 16.0 Å². The lowest BCUT2D eigenvalue weighted by atomic mass is 10.1. The summed E-state index contributed by atoms with van der Waals surface area (Å²) in [5.74, 6) is -0.231. The Kier molecular flexibility index (Phi) is 4.77. The van der Waals surface area contributed by atoms with Crippen LogP contribution in [0.25, 0.3) is 0 Å². The minimum Gasteiger partial charge on any atom is -0.365 e. The second-order valence-electron chi connectivity index (χ2n) is 4.07. The zero-order chi connectivity index (χ0) is 14.6. The van der Waals surface area contributed by atoms with Gasteiger partial charge in [0.05, 0.1) is 12.1 Å². The quantitative estimate of drug-likeness (QED) is 0.872. The number of nitrogens with one attached hydrogen (secondary N) is 1. The van der Waals surface area contributed by atoms with E-state index in [9.17, 15) is 18.0 Å². The lowest BCUT2D eigenvalue weighted by molar-refractivity contribution is -0.137. The molecule has 19 heavy (non-hydrogen) atoms. The molecule has 0 heterocycles. The Morgan fingerprint density at radius 3 is 2.53 bits per heavy atom. The topological polar surface area (TPSA) is 58.4 Å². The summed E-state index contributed by atoms with van der Waals surface area (Å²) in [4.78, 5) is 12.8. The molecule has 0 aromatic heterocycles. The fourth-order valence-electron chi connectivity index (χ4n) is 1.68. The highest BCUT2D eigenvalue weighted by atomic mass is 19.4. The molecule has 1 aromatic rings. The minimum atomic E-state index is -4.40. The number of rotatable bonds is 4. The lowest BCUT2D eigenvalue weighted by Crippen LogP contribution is -2.33. The SMILES string of the molecule is CNC(=O)CN(C)c1ccc(C(F)(F)F)cc1CN. The molecule has 0 spiro atoms. The van der Waals surface area contributed by atoms with Gasteiger partial charge in [0.15, 0.2) is 0 Å². The number of nitrogens with two attached hydrogens (primary N) is 1. The maximum Gasteiger partial charge on any atom is 0.416 e. The average molecular weight is 275 g/mol. The van der Waals surface area contributed by atoms with Crippen LogP contribution in [0.3, 0.4) is 0 Å². The second-order valence-corrected chi connectivity index (χ2v) is 4.07. The van der Waals surface area contributed by atoms with Crippen LogP contribution in [-0.4, -0.2) is 26.5 Å². The van der Waals surface area contributed by atoms with Crippen LogP contribution in [0.2, 0.25) is 0 Å². The van der Waals surface area contributed by atoms with Crippen molar-refractivity contribution in [1.29, 1.82) is 0 Å². The van der Waals surface area contributed by atoms with Crippen LogP contribution in [-0.2, 0) is 17.5 Å². The van der Waals surface area contributed by atoms with Gasteiger partial charge >= 0.3 is 6.18 Å². The van der Waals surface area contributed by atoms with Gasteiger partial charge in [0.25, 0.3) is 0 Å². The normalized spacial score (nSPS) is 11.3. The number of benzene rings is 1. The van der Waals surface area contributed by atoms with Crippen molar-refractivity contribution >= 4 is 11.6 Å². The zero-order valence-corrected chi connectivity index (χ0v) is 10.7. The number of amides is 1. The van der Waals surface area contributed by atoms with Crippen molar-refractivity contribution in [3.63, 3.8) is 0 Å². The summed E-state index contributed by atoms with van der Waals surface area (Å²) in [5, 5.41) is 2.45. The molecule has 3 N–H and O–H groups in total. The average Bonchev–Trinajstić information content (AvgIpc) is 2.36. The summed E-state index contributed by atoms with van der Waals surface area (Å²) in [6.45, 7) is 0.0200. The number of likely N-dealkylation sites (N-methyl/N-ethyl adjacent to an activating group) is 2. The Morgan fingerprint density at radius 1 is 1.42 bits per heavy atom. The van der Waals surface area contributed by atoms with E-state index in [-0.39, 0.29) is 19.0 Å². The first-order chi connectivity index (χ1) is 8.79. The molecule has 0 saturated carbocycles.